The highest BCUT2D eigenvalue weighted by Crippen LogP contribution is 2.31. The van der Waals surface area contributed by atoms with Crippen LogP contribution in [0.4, 0.5) is 0 Å². The van der Waals surface area contributed by atoms with E-state index in [2.05, 4.69) is 21.4 Å². The Morgan fingerprint density at radius 1 is 1.14 bits per heavy atom. The van der Waals surface area contributed by atoms with Crippen molar-refractivity contribution >= 4 is 33.2 Å². The molecule has 0 saturated heterocycles. The van der Waals surface area contributed by atoms with Gasteiger partial charge in [0.1, 0.15) is 17.4 Å². The monoisotopic (exact) mass is 277 g/mol. The number of fused-ring (bicyclic) bond motifs is 7. The number of hydrogen-bond donors (Lipinski definition) is 0. The minimum absolute atomic E-state index is 0.754. The van der Waals surface area contributed by atoms with Crippen molar-refractivity contribution in [1.82, 2.24) is 24.2 Å². The van der Waals surface area contributed by atoms with Gasteiger partial charge in [-0.15, -0.1) is 10.2 Å². The van der Waals surface area contributed by atoms with Gasteiger partial charge in [0.05, 0.1) is 5.52 Å². The second-order valence-electron chi connectivity index (χ2n) is 5.05. The second-order valence-corrected chi connectivity index (χ2v) is 5.05. The molecule has 4 aromatic heterocycles. The summed E-state index contributed by atoms with van der Waals surface area (Å²) in [6, 6.07) is 10.0. The molecule has 0 aliphatic carbocycles. The van der Waals surface area contributed by atoms with Crippen LogP contribution in [0, 0.1) is 0 Å². The predicted molar refractivity (Wildman–Crippen MR) is 78.4 cm³/mol. The molecule has 0 aliphatic heterocycles. The first kappa shape index (κ1) is 10.8. The van der Waals surface area contributed by atoms with Gasteiger partial charge in [-0.3, -0.25) is 4.40 Å². The van der Waals surface area contributed by atoms with Crippen molar-refractivity contribution in [3.63, 3.8) is 0 Å². The lowest BCUT2D eigenvalue weighted by atomic mass is 10.2. The van der Waals surface area contributed by atoms with Gasteiger partial charge in [0, 0.05) is 17.9 Å². The van der Waals surface area contributed by atoms with Gasteiger partial charge in [-0.05, 0) is 12.1 Å². The fraction of sp³-hybridized carbons (Fsp3) is 0.133. The molecule has 0 N–H and O–H groups in total. The summed E-state index contributed by atoms with van der Waals surface area (Å²) in [5, 5.41) is 14.0. The molecule has 5 aromatic rings. The quantitative estimate of drug-likeness (QED) is 0.472. The number of furan rings is 1. The zero-order valence-electron chi connectivity index (χ0n) is 11.3. The van der Waals surface area contributed by atoms with Gasteiger partial charge in [-0.1, -0.05) is 19.1 Å². The predicted octanol–water partition coefficient (Wildman–Crippen LogP) is 2.84. The summed E-state index contributed by atoms with van der Waals surface area (Å²) in [4.78, 5) is 0. The molecule has 21 heavy (non-hydrogen) atoms. The van der Waals surface area contributed by atoms with Crippen LogP contribution >= 0.6 is 0 Å². The zero-order chi connectivity index (χ0) is 14.0. The Balaban J connectivity index is 2.02. The first-order chi connectivity index (χ1) is 10.4. The maximum absolute atomic E-state index is 5.91. The minimum Gasteiger partial charge on any atom is -0.454 e. The van der Waals surface area contributed by atoms with Crippen molar-refractivity contribution in [2.24, 2.45) is 0 Å². The summed E-state index contributed by atoms with van der Waals surface area (Å²) in [6.07, 6.45) is 2.60. The zero-order valence-corrected chi connectivity index (χ0v) is 11.3. The molecule has 0 bridgehead atoms. The van der Waals surface area contributed by atoms with Crippen molar-refractivity contribution < 1.29 is 4.42 Å². The molecule has 0 saturated carbocycles. The molecular formula is C15H11N5O. The normalized spacial score (nSPS) is 12.2. The SMILES string of the molecule is CCc1nnc2c3cc4oc5ccccc5c4n3cnn12. The summed E-state index contributed by atoms with van der Waals surface area (Å²) in [6.45, 7) is 2.04. The Labute approximate surface area is 118 Å². The van der Waals surface area contributed by atoms with Crippen LogP contribution in [-0.2, 0) is 6.42 Å². The minimum atomic E-state index is 0.754. The van der Waals surface area contributed by atoms with E-state index in [1.54, 1.807) is 10.8 Å². The molecule has 0 aliphatic rings. The first-order valence-electron chi connectivity index (χ1n) is 6.88. The summed E-state index contributed by atoms with van der Waals surface area (Å²) in [5.41, 5.74) is 4.46. The van der Waals surface area contributed by atoms with Crippen LogP contribution in [0.25, 0.3) is 33.2 Å². The highest BCUT2D eigenvalue weighted by atomic mass is 16.3. The van der Waals surface area contributed by atoms with Crippen LogP contribution in [0.2, 0.25) is 0 Å². The molecule has 102 valence electrons. The lowest BCUT2D eigenvalue weighted by Crippen LogP contribution is -2.00. The van der Waals surface area contributed by atoms with E-state index in [-0.39, 0.29) is 0 Å². The number of nitrogens with zero attached hydrogens (tertiary/aromatic N) is 5. The van der Waals surface area contributed by atoms with Crippen molar-refractivity contribution in [2.45, 2.75) is 13.3 Å². The molecule has 1 aromatic carbocycles. The Hall–Kier alpha value is -2.89. The van der Waals surface area contributed by atoms with Gasteiger partial charge in [0.25, 0.3) is 0 Å². The first-order valence-corrected chi connectivity index (χ1v) is 6.88. The van der Waals surface area contributed by atoms with E-state index in [1.165, 1.54) is 0 Å². The van der Waals surface area contributed by atoms with Gasteiger partial charge in [-0.2, -0.15) is 9.61 Å². The molecular weight excluding hydrogens is 266 g/mol. The summed E-state index contributed by atoms with van der Waals surface area (Å²) < 4.78 is 9.72. The number of benzene rings is 1. The Kier molecular flexibility index (Phi) is 1.86. The average molecular weight is 277 g/mol. The Morgan fingerprint density at radius 3 is 2.95 bits per heavy atom. The van der Waals surface area contributed by atoms with Crippen LogP contribution < -0.4 is 0 Å². The van der Waals surface area contributed by atoms with Crippen molar-refractivity contribution in [3.05, 3.63) is 42.5 Å². The van der Waals surface area contributed by atoms with E-state index in [0.29, 0.717) is 0 Å². The molecule has 5 rings (SSSR count). The van der Waals surface area contributed by atoms with E-state index in [4.69, 9.17) is 4.42 Å². The molecule has 6 nitrogen and oxygen atoms in total. The van der Waals surface area contributed by atoms with Crippen LogP contribution in [-0.4, -0.2) is 24.2 Å². The summed E-state index contributed by atoms with van der Waals surface area (Å²) >= 11 is 0. The molecule has 6 heteroatoms. The van der Waals surface area contributed by atoms with Crippen LogP contribution in [0.1, 0.15) is 12.7 Å². The van der Waals surface area contributed by atoms with Crippen LogP contribution in [0.15, 0.2) is 41.1 Å². The van der Waals surface area contributed by atoms with Crippen LogP contribution in [0.5, 0.6) is 0 Å². The standard InChI is InChI=1S/C15H11N5O/c1-2-13-17-18-15-10-7-12-14(19(10)8-16-20(13)15)9-5-3-4-6-11(9)21-12/h3-8H,2H2,1H3. The van der Waals surface area contributed by atoms with E-state index in [0.717, 1.165) is 45.5 Å². The van der Waals surface area contributed by atoms with Crippen molar-refractivity contribution in [3.8, 4) is 0 Å². The van der Waals surface area contributed by atoms with E-state index < -0.39 is 0 Å². The molecule has 0 radical (unpaired) electrons. The number of rotatable bonds is 1. The van der Waals surface area contributed by atoms with E-state index >= 15 is 0 Å². The Morgan fingerprint density at radius 2 is 2.05 bits per heavy atom. The average Bonchev–Trinajstić information content (AvgIpc) is 3.16. The summed E-state index contributed by atoms with van der Waals surface area (Å²) in [7, 11) is 0. The fourth-order valence-electron chi connectivity index (χ4n) is 2.92. The van der Waals surface area contributed by atoms with Gasteiger partial charge >= 0.3 is 0 Å². The molecule has 0 unspecified atom stereocenters. The molecule has 0 atom stereocenters. The van der Waals surface area contributed by atoms with E-state index in [1.807, 2.05) is 35.6 Å². The van der Waals surface area contributed by atoms with Crippen LogP contribution in [0.3, 0.4) is 0 Å². The van der Waals surface area contributed by atoms with E-state index in [9.17, 15) is 0 Å². The largest absolute Gasteiger partial charge is 0.454 e. The number of aromatic nitrogens is 5. The van der Waals surface area contributed by atoms with Gasteiger partial charge < -0.3 is 4.42 Å². The fourth-order valence-corrected chi connectivity index (χ4v) is 2.92. The third kappa shape index (κ3) is 1.24. The maximum Gasteiger partial charge on any atom is 0.202 e. The smallest absolute Gasteiger partial charge is 0.202 e. The molecule has 4 heterocycles. The second kappa shape index (κ2) is 3.60. The number of para-hydroxylation sites is 1. The number of hydrogen-bond acceptors (Lipinski definition) is 4. The Bertz CT molecular complexity index is 1130. The number of aryl methyl sites for hydroxylation is 1. The van der Waals surface area contributed by atoms with Crippen molar-refractivity contribution in [2.75, 3.05) is 0 Å². The maximum atomic E-state index is 5.91. The summed E-state index contributed by atoms with van der Waals surface area (Å²) in [5.74, 6) is 0.857. The molecule has 0 fully saturated rings. The van der Waals surface area contributed by atoms with Gasteiger partial charge in [0.2, 0.25) is 5.65 Å². The highest BCUT2D eigenvalue weighted by Gasteiger charge is 2.16. The van der Waals surface area contributed by atoms with Crippen molar-refractivity contribution in [1.29, 1.82) is 0 Å². The third-order valence-electron chi connectivity index (χ3n) is 3.90. The third-order valence-corrected chi connectivity index (χ3v) is 3.90. The molecule has 0 amide bonds. The van der Waals surface area contributed by atoms with Gasteiger partial charge in [-0.25, -0.2) is 0 Å². The molecule has 0 spiro atoms. The lowest BCUT2D eigenvalue weighted by Gasteiger charge is -1.99. The van der Waals surface area contributed by atoms with Gasteiger partial charge in [0.15, 0.2) is 11.4 Å². The lowest BCUT2D eigenvalue weighted by molar-refractivity contribution is 0.670. The topological polar surface area (TPSA) is 60.6 Å². The highest BCUT2D eigenvalue weighted by molar-refractivity contribution is 6.06.